The van der Waals surface area contributed by atoms with Crippen molar-refractivity contribution in [2.45, 2.75) is 19.1 Å². The average molecular weight is 906 g/mol. The Morgan fingerprint density at radius 2 is 1.20 bits per heavy atom. The van der Waals surface area contributed by atoms with E-state index in [2.05, 4.69) is 34.3 Å². The minimum absolute atomic E-state index is 0.0879. The lowest BCUT2D eigenvalue weighted by Crippen LogP contribution is -2.38. The molecule has 10 rings (SSSR count). The number of rotatable bonds is 9. The molecule has 5 aromatic heterocycles. The number of hydrogen-bond donors (Lipinski definition) is 0. The molecule has 0 fully saturated rings. The zero-order chi connectivity index (χ0) is 43.9. The maximum absolute atomic E-state index is 14.3. The summed E-state index contributed by atoms with van der Waals surface area (Å²) in [5.74, 6) is -1.37. The van der Waals surface area contributed by atoms with Crippen LogP contribution in [0.2, 0.25) is 0 Å². The summed E-state index contributed by atoms with van der Waals surface area (Å²) in [6.45, 7) is 0.212. The summed E-state index contributed by atoms with van der Waals surface area (Å²) < 4.78 is 14.5. The molecule has 0 spiro atoms. The first-order valence-corrected chi connectivity index (χ1v) is 22.9. The number of nitrogens with zero attached hydrogens (tertiary/aromatic N) is 7. The van der Waals surface area contributed by atoms with Gasteiger partial charge in [0.25, 0.3) is 0 Å². The second-order valence-corrected chi connectivity index (χ2v) is 19.0. The molecule has 3 aliphatic rings. The number of thiophene rings is 4. The minimum Gasteiger partial charge on any atom is -0.460 e. The van der Waals surface area contributed by atoms with Crippen LogP contribution in [0.1, 0.15) is 27.5 Å². The molecule has 11 nitrogen and oxygen atoms in total. The van der Waals surface area contributed by atoms with Crippen molar-refractivity contribution in [2.24, 2.45) is 21.8 Å². The Labute approximate surface area is 380 Å². The summed E-state index contributed by atoms with van der Waals surface area (Å²) in [6.07, 6.45) is 8.13. The van der Waals surface area contributed by atoms with E-state index >= 15 is 0 Å². The molecule has 0 N–H and O–H groups in total. The third kappa shape index (κ3) is 7.39. The Balaban J connectivity index is 1.07. The Morgan fingerprint density at radius 1 is 0.625 bits per heavy atom. The zero-order valence-corrected chi connectivity index (χ0v) is 36.4. The lowest BCUT2D eigenvalue weighted by atomic mass is 9.78. The molecule has 0 saturated heterocycles. The predicted octanol–water partition coefficient (Wildman–Crippen LogP) is 10.3. The Morgan fingerprint density at radius 3 is 1.81 bits per heavy atom. The average Bonchev–Trinajstić information content (AvgIpc) is 4.19. The van der Waals surface area contributed by atoms with E-state index in [0.29, 0.717) is 15.5 Å². The fourth-order valence-corrected chi connectivity index (χ4v) is 12.4. The molecule has 0 radical (unpaired) electrons. The highest BCUT2D eigenvalue weighted by Gasteiger charge is 2.43. The van der Waals surface area contributed by atoms with Gasteiger partial charge in [-0.25, -0.2) is 19.3 Å². The van der Waals surface area contributed by atoms with Crippen molar-refractivity contribution in [3.63, 3.8) is 0 Å². The van der Waals surface area contributed by atoms with E-state index in [1.165, 1.54) is 34.0 Å². The molecule has 3 atom stereocenters. The lowest BCUT2D eigenvalue weighted by Gasteiger charge is -2.26. The summed E-state index contributed by atoms with van der Waals surface area (Å²) >= 11 is 5.80. The number of carbonyl (C=O) groups excluding carboxylic acids is 2. The van der Waals surface area contributed by atoms with E-state index in [1.807, 2.05) is 109 Å². The first-order chi connectivity index (χ1) is 31.3. The third-order valence-corrected chi connectivity index (χ3v) is 15.6. The standard InChI is InChI=1S/C49H27N7O4S4/c50-21-31(22-51)54-43-13-11-39(61-43)41-19-36-45(48(57)59-25-27-7-3-1-4-8-27)33-15-29-17-35-37(18-30(29)16-34(33)46(36)63-41)56(49(58)60-26-28-9-5-2-6-10-28)38-20-42(64-47(35)38)40-12-14-44(62-40)55-32(23-52)24-53/h1-20,29-30,45H,25-26H2. The Bertz CT molecular complexity index is 3490. The molecule has 0 saturated carbocycles. The van der Waals surface area contributed by atoms with Crippen LogP contribution in [0.3, 0.4) is 0 Å². The van der Waals surface area contributed by atoms with Gasteiger partial charge in [0.2, 0.25) is 11.4 Å². The first-order valence-electron chi connectivity index (χ1n) is 19.7. The molecule has 3 aliphatic carbocycles. The summed E-state index contributed by atoms with van der Waals surface area (Å²) in [4.78, 5) is 41.4. The van der Waals surface area contributed by atoms with Gasteiger partial charge >= 0.3 is 12.1 Å². The fraction of sp³-hybridized carbons (Fsp3) is 0.102. The largest absolute Gasteiger partial charge is 0.460 e. The van der Waals surface area contributed by atoms with Gasteiger partial charge in [-0.15, -0.1) is 45.3 Å². The minimum atomic E-state index is -0.684. The zero-order valence-electron chi connectivity index (χ0n) is 33.1. The van der Waals surface area contributed by atoms with E-state index in [1.54, 1.807) is 28.0 Å². The summed E-state index contributed by atoms with van der Waals surface area (Å²) in [7, 11) is 0. The number of nitriles is 4. The maximum atomic E-state index is 14.3. The molecule has 0 aliphatic heterocycles. The molecule has 2 aromatic carbocycles. The van der Waals surface area contributed by atoms with E-state index in [9.17, 15) is 30.6 Å². The molecule has 0 bridgehead atoms. The van der Waals surface area contributed by atoms with Crippen LogP contribution in [0.4, 0.5) is 14.8 Å². The van der Waals surface area contributed by atoms with Crippen LogP contribution in [0.5, 0.6) is 0 Å². The summed E-state index contributed by atoms with van der Waals surface area (Å²) in [5.41, 5.74) is 4.62. The second kappa shape index (κ2) is 16.8. The highest BCUT2D eigenvalue weighted by Crippen LogP contribution is 2.56. The number of ether oxygens (including phenoxy) is 2. The van der Waals surface area contributed by atoms with Crippen molar-refractivity contribution in [1.29, 1.82) is 21.0 Å². The number of aromatic nitrogens is 1. The number of hydrogen-bond acceptors (Lipinski definition) is 14. The highest BCUT2D eigenvalue weighted by molar-refractivity contribution is 7.27. The van der Waals surface area contributed by atoms with Gasteiger partial charge in [-0.05, 0) is 64.2 Å². The predicted molar refractivity (Wildman–Crippen MR) is 250 cm³/mol. The van der Waals surface area contributed by atoms with Crippen molar-refractivity contribution < 1.29 is 19.1 Å². The van der Waals surface area contributed by atoms with Crippen molar-refractivity contribution in [2.75, 3.05) is 0 Å². The van der Waals surface area contributed by atoms with E-state index in [4.69, 9.17) is 9.47 Å². The van der Waals surface area contributed by atoms with Crippen molar-refractivity contribution in [3.05, 3.63) is 147 Å². The number of benzene rings is 2. The molecule has 15 heteroatoms. The molecule has 7 aromatic rings. The monoisotopic (exact) mass is 905 g/mol. The quantitative estimate of drug-likeness (QED) is 0.101. The van der Waals surface area contributed by atoms with Gasteiger partial charge in [-0.3, -0.25) is 4.79 Å². The number of carbonyl (C=O) groups is 2. The van der Waals surface area contributed by atoms with Gasteiger partial charge in [-0.1, -0.05) is 85.0 Å². The van der Waals surface area contributed by atoms with Gasteiger partial charge in [0.1, 0.15) is 53.4 Å². The van der Waals surface area contributed by atoms with Gasteiger partial charge in [0, 0.05) is 41.4 Å². The normalized spacial score (nSPS) is 16.3. The highest BCUT2D eigenvalue weighted by atomic mass is 32.1. The fourth-order valence-electron chi connectivity index (χ4n) is 8.09. The smallest absolute Gasteiger partial charge is 0.419 e. The number of aliphatic imine (C=N–C) groups is 2. The first kappa shape index (κ1) is 40.3. The van der Waals surface area contributed by atoms with E-state index in [-0.39, 0.29) is 42.4 Å². The van der Waals surface area contributed by atoms with Gasteiger partial charge in [0.05, 0.1) is 15.6 Å². The molecular weight excluding hydrogens is 879 g/mol. The SMILES string of the molecule is N#CC(C#N)=Nc1ccc(-c2cc3c(s2)C2=CC4C=c5c(c6sc(-c7ccc(N=C(C#N)C#N)s7)cc6n5C(=O)OCc5ccccc5)=CC4C=C2C3C(=O)OCc2ccccc2)s1. The van der Waals surface area contributed by atoms with Crippen LogP contribution in [0.15, 0.2) is 125 Å². The molecule has 0 amide bonds. The van der Waals surface area contributed by atoms with Crippen LogP contribution >= 0.6 is 45.3 Å². The Kier molecular flexibility index (Phi) is 10.6. The number of allylic oxidation sites excluding steroid dienone is 3. The maximum Gasteiger partial charge on any atom is 0.419 e. The van der Waals surface area contributed by atoms with Gasteiger partial charge in [0.15, 0.2) is 0 Å². The van der Waals surface area contributed by atoms with Crippen LogP contribution in [-0.2, 0) is 27.5 Å². The topological polar surface area (TPSA) is 177 Å². The molecule has 306 valence electrons. The Hall–Kier alpha value is -7.76. The van der Waals surface area contributed by atoms with Gasteiger partial charge in [-0.2, -0.15) is 21.0 Å². The second-order valence-electron chi connectivity index (χ2n) is 14.8. The van der Waals surface area contributed by atoms with Crippen LogP contribution in [0, 0.1) is 57.2 Å². The molecule has 64 heavy (non-hydrogen) atoms. The van der Waals surface area contributed by atoms with E-state index < -0.39 is 12.0 Å². The molecule has 5 heterocycles. The van der Waals surface area contributed by atoms with Crippen LogP contribution in [-0.4, -0.2) is 28.1 Å². The third-order valence-electron chi connectivity index (χ3n) is 10.9. The van der Waals surface area contributed by atoms with Crippen molar-refractivity contribution in [1.82, 2.24) is 4.57 Å². The van der Waals surface area contributed by atoms with Crippen molar-refractivity contribution in [3.8, 4) is 43.8 Å². The van der Waals surface area contributed by atoms with Gasteiger partial charge < -0.3 is 9.47 Å². The molecular formula is C49H27N7O4S4. The van der Waals surface area contributed by atoms with Crippen LogP contribution in [0.25, 0.3) is 47.5 Å². The van der Waals surface area contributed by atoms with Crippen molar-refractivity contribution >= 4 is 107 Å². The summed E-state index contributed by atoms with van der Waals surface area (Å²) in [5, 5.41) is 39.7. The molecule has 3 unspecified atom stereocenters. The van der Waals surface area contributed by atoms with E-state index in [0.717, 1.165) is 67.5 Å². The number of esters is 1. The number of fused-ring (bicyclic) bond motifs is 7. The van der Waals surface area contributed by atoms with Crippen LogP contribution < -0.4 is 10.6 Å². The lowest BCUT2D eigenvalue weighted by molar-refractivity contribution is -0.145. The summed E-state index contributed by atoms with van der Waals surface area (Å²) in [6, 6.07) is 37.6.